The molecule has 16 heavy (non-hydrogen) atoms. The van der Waals surface area contributed by atoms with Crippen molar-refractivity contribution in [1.82, 2.24) is 9.97 Å². The first kappa shape index (κ1) is 10.6. The highest BCUT2D eigenvalue weighted by atomic mass is 15.0. The van der Waals surface area contributed by atoms with Crippen LogP contribution in [0.1, 0.15) is 11.1 Å². The molecule has 2 heterocycles. The molecule has 0 saturated heterocycles. The van der Waals surface area contributed by atoms with Crippen molar-refractivity contribution in [2.75, 3.05) is 5.32 Å². The number of nitrogens with zero attached hydrogens (tertiary/aromatic N) is 2. The highest BCUT2D eigenvalue weighted by Crippen LogP contribution is 2.11. The molecule has 0 atom stereocenters. The number of hydrogen-bond acceptors (Lipinski definition) is 4. The molecule has 0 spiro atoms. The summed E-state index contributed by atoms with van der Waals surface area (Å²) in [6.45, 7) is 1.20. The maximum Gasteiger partial charge on any atom is 0.130 e. The van der Waals surface area contributed by atoms with Gasteiger partial charge in [0.2, 0.25) is 0 Å². The van der Waals surface area contributed by atoms with E-state index in [9.17, 15) is 0 Å². The lowest BCUT2D eigenvalue weighted by Crippen LogP contribution is -2.07. The van der Waals surface area contributed by atoms with E-state index >= 15 is 0 Å². The third kappa shape index (κ3) is 2.55. The van der Waals surface area contributed by atoms with E-state index in [-0.39, 0.29) is 0 Å². The van der Waals surface area contributed by atoms with Gasteiger partial charge in [0.15, 0.2) is 0 Å². The second-order valence-corrected chi connectivity index (χ2v) is 3.43. The van der Waals surface area contributed by atoms with E-state index in [1.165, 1.54) is 0 Å². The summed E-state index contributed by atoms with van der Waals surface area (Å²) < 4.78 is 0. The molecule has 0 aliphatic carbocycles. The van der Waals surface area contributed by atoms with Crippen LogP contribution in [0.2, 0.25) is 0 Å². The minimum absolute atomic E-state index is 0.489. The molecule has 0 aliphatic heterocycles. The number of aromatic nitrogens is 2. The molecule has 0 aliphatic rings. The van der Waals surface area contributed by atoms with E-state index in [4.69, 9.17) is 5.73 Å². The molecule has 0 amide bonds. The summed E-state index contributed by atoms with van der Waals surface area (Å²) in [6, 6.07) is 7.79. The number of anilines is 1. The molecule has 0 saturated carbocycles. The van der Waals surface area contributed by atoms with Crippen molar-refractivity contribution in [3.05, 3.63) is 54.0 Å². The minimum atomic E-state index is 0.489. The molecule has 4 heteroatoms. The Kier molecular flexibility index (Phi) is 3.46. The molecule has 0 fully saturated rings. The topological polar surface area (TPSA) is 63.8 Å². The van der Waals surface area contributed by atoms with E-state index in [0.29, 0.717) is 13.1 Å². The van der Waals surface area contributed by atoms with Gasteiger partial charge in [-0.2, -0.15) is 0 Å². The summed E-state index contributed by atoms with van der Waals surface area (Å²) >= 11 is 0. The van der Waals surface area contributed by atoms with Crippen LogP contribution in [0.15, 0.2) is 42.9 Å². The van der Waals surface area contributed by atoms with Crippen LogP contribution in [-0.4, -0.2) is 9.97 Å². The zero-order chi connectivity index (χ0) is 11.2. The fourth-order valence-corrected chi connectivity index (χ4v) is 1.45. The van der Waals surface area contributed by atoms with Gasteiger partial charge in [0.25, 0.3) is 0 Å². The Bertz CT molecular complexity index is 442. The molecular weight excluding hydrogens is 200 g/mol. The van der Waals surface area contributed by atoms with Crippen molar-refractivity contribution >= 4 is 5.82 Å². The summed E-state index contributed by atoms with van der Waals surface area (Å²) in [5, 5.41) is 3.25. The molecular formula is C12H14N4. The van der Waals surface area contributed by atoms with Gasteiger partial charge in [-0.1, -0.05) is 12.1 Å². The van der Waals surface area contributed by atoms with Crippen molar-refractivity contribution in [2.24, 2.45) is 5.73 Å². The molecule has 0 unspecified atom stereocenters. The molecule has 2 rings (SSSR count). The summed E-state index contributed by atoms with van der Waals surface area (Å²) in [5.41, 5.74) is 7.77. The fourth-order valence-electron chi connectivity index (χ4n) is 1.45. The van der Waals surface area contributed by atoms with Gasteiger partial charge in [-0.25, -0.2) is 4.98 Å². The largest absolute Gasteiger partial charge is 0.366 e. The lowest BCUT2D eigenvalue weighted by Gasteiger charge is -2.08. The second-order valence-electron chi connectivity index (χ2n) is 3.43. The Hall–Kier alpha value is -1.94. The van der Waals surface area contributed by atoms with Crippen LogP contribution in [0.3, 0.4) is 0 Å². The Morgan fingerprint density at radius 3 is 2.81 bits per heavy atom. The first-order valence-electron chi connectivity index (χ1n) is 5.17. The van der Waals surface area contributed by atoms with Crippen LogP contribution in [0.5, 0.6) is 0 Å². The summed E-state index contributed by atoms with van der Waals surface area (Å²) in [5.74, 6) is 0.842. The Balaban J connectivity index is 2.05. The smallest absolute Gasteiger partial charge is 0.130 e. The summed E-state index contributed by atoms with van der Waals surface area (Å²) in [4.78, 5) is 8.31. The van der Waals surface area contributed by atoms with Crippen molar-refractivity contribution < 1.29 is 0 Å². The molecule has 2 aromatic heterocycles. The van der Waals surface area contributed by atoms with Crippen molar-refractivity contribution in [3.63, 3.8) is 0 Å². The van der Waals surface area contributed by atoms with Crippen LogP contribution < -0.4 is 11.1 Å². The predicted molar refractivity (Wildman–Crippen MR) is 63.7 cm³/mol. The van der Waals surface area contributed by atoms with Gasteiger partial charge in [-0.05, 0) is 17.7 Å². The third-order valence-electron chi connectivity index (χ3n) is 2.29. The highest BCUT2D eigenvalue weighted by Gasteiger charge is 2.00. The van der Waals surface area contributed by atoms with Gasteiger partial charge in [0, 0.05) is 37.2 Å². The van der Waals surface area contributed by atoms with Crippen LogP contribution in [0.4, 0.5) is 5.82 Å². The normalized spacial score (nSPS) is 10.1. The number of pyridine rings is 2. The van der Waals surface area contributed by atoms with E-state index in [1.54, 1.807) is 12.4 Å². The lowest BCUT2D eigenvalue weighted by molar-refractivity contribution is 1.02. The number of hydrogen-bond donors (Lipinski definition) is 2. The van der Waals surface area contributed by atoms with Gasteiger partial charge in [-0.3, -0.25) is 4.98 Å². The van der Waals surface area contributed by atoms with Crippen LogP contribution in [0.25, 0.3) is 0 Å². The van der Waals surface area contributed by atoms with Crippen LogP contribution in [-0.2, 0) is 13.1 Å². The van der Waals surface area contributed by atoms with Crippen LogP contribution >= 0.6 is 0 Å². The number of rotatable bonds is 4. The molecule has 82 valence electrons. The molecule has 0 radical (unpaired) electrons. The standard InChI is InChI=1S/C12H14N4/c13-7-11-4-2-6-15-12(11)16-9-10-3-1-5-14-8-10/h1-6,8H,7,9,13H2,(H,15,16). The quantitative estimate of drug-likeness (QED) is 0.810. The van der Waals surface area contributed by atoms with E-state index in [2.05, 4.69) is 15.3 Å². The highest BCUT2D eigenvalue weighted by molar-refractivity contribution is 5.43. The first-order chi connectivity index (χ1) is 7.90. The van der Waals surface area contributed by atoms with Crippen molar-refractivity contribution in [1.29, 1.82) is 0 Å². The van der Waals surface area contributed by atoms with E-state index < -0.39 is 0 Å². The number of nitrogens with one attached hydrogen (secondary N) is 1. The maximum absolute atomic E-state index is 5.63. The number of nitrogens with two attached hydrogens (primary N) is 1. The molecule has 3 N–H and O–H groups in total. The summed E-state index contributed by atoms with van der Waals surface area (Å²) in [7, 11) is 0. The van der Waals surface area contributed by atoms with Gasteiger partial charge in [0.05, 0.1) is 0 Å². The summed E-state index contributed by atoms with van der Waals surface area (Å²) in [6.07, 6.45) is 5.35. The zero-order valence-electron chi connectivity index (χ0n) is 8.93. The van der Waals surface area contributed by atoms with Crippen molar-refractivity contribution in [2.45, 2.75) is 13.1 Å². The Morgan fingerprint density at radius 1 is 1.19 bits per heavy atom. The third-order valence-corrected chi connectivity index (χ3v) is 2.29. The van der Waals surface area contributed by atoms with Gasteiger partial charge >= 0.3 is 0 Å². The maximum atomic E-state index is 5.63. The first-order valence-corrected chi connectivity index (χ1v) is 5.17. The van der Waals surface area contributed by atoms with Gasteiger partial charge in [-0.15, -0.1) is 0 Å². The van der Waals surface area contributed by atoms with Gasteiger partial charge < -0.3 is 11.1 Å². The van der Waals surface area contributed by atoms with E-state index in [0.717, 1.165) is 16.9 Å². The molecule has 0 bridgehead atoms. The fraction of sp³-hybridized carbons (Fsp3) is 0.167. The minimum Gasteiger partial charge on any atom is -0.366 e. The SMILES string of the molecule is NCc1cccnc1NCc1cccnc1. The monoisotopic (exact) mass is 214 g/mol. The zero-order valence-corrected chi connectivity index (χ0v) is 8.93. The second kappa shape index (κ2) is 5.23. The predicted octanol–water partition coefficient (Wildman–Crippen LogP) is 1.55. The van der Waals surface area contributed by atoms with Crippen LogP contribution in [0, 0.1) is 0 Å². The Labute approximate surface area is 94.5 Å². The molecule has 0 aromatic carbocycles. The lowest BCUT2D eigenvalue weighted by atomic mass is 10.2. The molecule has 2 aromatic rings. The van der Waals surface area contributed by atoms with E-state index in [1.807, 2.05) is 30.5 Å². The molecule has 4 nitrogen and oxygen atoms in total. The van der Waals surface area contributed by atoms with Crippen molar-refractivity contribution in [3.8, 4) is 0 Å². The average Bonchev–Trinajstić information content (AvgIpc) is 2.38. The Morgan fingerprint density at radius 2 is 2.06 bits per heavy atom. The average molecular weight is 214 g/mol. The van der Waals surface area contributed by atoms with Gasteiger partial charge in [0.1, 0.15) is 5.82 Å².